The summed E-state index contributed by atoms with van der Waals surface area (Å²) in [6, 6.07) is 5.25. The summed E-state index contributed by atoms with van der Waals surface area (Å²) in [6.07, 6.45) is 6.15. The van der Waals surface area contributed by atoms with E-state index in [0.29, 0.717) is 23.8 Å². The summed E-state index contributed by atoms with van der Waals surface area (Å²) in [5, 5.41) is 6.49. The summed E-state index contributed by atoms with van der Waals surface area (Å²) in [5.41, 5.74) is 0.872. The Labute approximate surface area is 184 Å². The molecule has 0 spiro atoms. The number of imidazole rings is 1. The molecule has 3 rings (SSSR count). The fourth-order valence-corrected chi connectivity index (χ4v) is 3.48. The van der Waals surface area contributed by atoms with E-state index in [1.54, 1.807) is 20.4 Å². The van der Waals surface area contributed by atoms with Crippen LogP contribution < -0.4 is 20.1 Å². The molecule has 29 heavy (non-hydrogen) atoms. The van der Waals surface area contributed by atoms with Gasteiger partial charge in [0.2, 0.25) is 5.91 Å². The number of ether oxygens (including phenoxy) is 2. The van der Waals surface area contributed by atoms with Gasteiger partial charge in [0, 0.05) is 31.9 Å². The van der Waals surface area contributed by atoms with Crippen molar-refractivity contribution in [2.75, 3.05) is 27.3 Å². The summed E-state index contributed by atoms with van der Waals surface area (Å²) >= 11 is 0. The molecule has 1 aliphatic rings. The van der Waals surface area contributed by atoms with Crippen LogP contribution >= 0.6 is 24.8 Å². The van der Waals surface area contributed by atoms with Gasteiger partial charge in [-0.2, -0.15) is 0 Å². The number of hydrogen-bond donors (Lipinski definition) is 2. The van der Waals surface area contributed by atoms with Crippen LogP contribution in [0.5, 0.6) is 11.5 Å². The van der Waals surface area contributed by atoms with E-state index >= 15 is 0 Å². The highest BCUT2D eigenvalue weighted by molar-refractivity contribution is 5.85. The average Bonchev–Trinajstić information content (AvgIpc) is 3.35. The number of halogens is 2. The summed E-state index contributed by atoms with van der Waals surface area (Å²) in [4.78, 5) is 17.1. The van der Waals surface area contributed by atoms with Gasteiger partial charge in [-0.25, -0.2) is 4.98 Å². The van der Waals surface area contributed by atoms with Crippen molar-refractivity contribution < 1.29 is 14.3 Å². The number of benzene rings is 1. The predicted molar refractivity (Wildman–Crippen MR) is 117 cm³/mol. The third-order valence-corrected chi connectivity index (χ3v) is 5.07. The zero-order valence-corrected chi connectivity index (χ0v) is 18.6. The Balaban J connectivity index is 0.00000210. The molecule has 2 unspecified atom stereocenters. The molecule has 162 valence electrons. The van der Waals surface area contributed by atoms with Gasteiger partial charge in [-0.1, -0.05) is 0 Å². The second-order valence-corrected chi connectivity index (χ2v) is 6.94. The number of carbonyl (C=O) groups is 1. The van der Waals surface area contributed by atoms with Gasteiger partial charge >= 0.3 is 0 Å². The van der Waals surface area contributed by atoms with Gasteiger partial charge in [0.1, 0.15) is 23.4 Å². The fourth-order valence-electron chi connectivity index (χ4n) is 3.48. The molecule has 9 heteroatoms. The molecule has 0 aliphatic carbocycles. The Morgan fingerprint density at radius 1 is 1.28 bits per heavy atom. The molecule has 2 atom stereocenters. The van der Waals surface area contributed by atoms with Gasteiger partial charge in [-0.3, -0.25) is 4.79 Å². The van der Waals surface area contributed by atoms with Crippen molar-refractivity contribution in [1.82, 2.24) is 20.2 Å². The third-order valence-electron chi connectivity index (χ3n) is 5.07. The molecular weight excluding hydrogens is 415 g/mol. The van der Waals surface area contributed by atoms with E-state index in [-0.39, 0.29) is 36.8 Å². The van der Waals surface area contributed by atoms with E-state index in [4.69, 9.17) is 9.47 Å². The van der Waals surface area contributed by atoms with E-state index in [2.05, 4.69) is 15.6 Å². The minimum atomic E-state index is -0.372. The van der Waals surface area contributed by atoms with Crippen molar-refractivity contribution in [3.8, 4) is 11.5 Å². The van der Waals surface area contributed by atoms with Gasteiger partial charge in [-0.15, -0.1) is 24.8 Å². The lowest BCUT2D eigenvalue weighted by Crippen LogP contribution is -2.31. The Morgan fingerprint density at radius 3 is 2.48 bits per heavy atom. The van der Waals surface area contributed by atoms with Gasteiger partial charge in [0.25, 0.3) is 0 Å². The lowest BCUT2D eigenvalue weighted by atomic mass is 10.0. The molecular formula is C20H30Cl2N4O3. The normalized spacial score (nSPS) is 16.3. The molecule has 1 amide bonds. The first-order valence-electron chi connectivity index (χ1n) is 9.31. The molecule has 0 bridgehead atoms. The maximum Gasteiger partial charge on any atom is 0.220 e. The topological polar surface area (TPSA) is 77.4 Å². The van der Waals surface area contributed by atoms with Crippen LogP contribution in [-0.4, -0.2) is 42.8 Å². The number of aryl methyl sites for hydroxylation is 1. The van der Waals surface area contributed by atoms with Crippen LogP contribution in [0.4, 0.5) is 0 Å². The summed E-state index contributed by atoms with van der Waals surface area (Å²) < 4.78 is 12.7. The second-order valence-electron chi connectivity index (χ2n) is 6.94. The van der Waals surface area contributed by atoms with Crippen molar-refractivity contribution >= 4 is 30.7 Å². The summed E-state index contributed by atoms with van der Waals surface area (Å²) in [5.74, 6) is 2.72. The van der Waals surface area contributed by atoms with Crippen molar-refractivity contribution in [3.63, 3.8) is 0 Å². The largest absolute Gasteiger partial charge is 0.497 e. The number of methoxy groups -OCH3 is 2. The van der Waals surface area contributed by atoms with E-state index in [1.807, 2.05) is 36.0 Å². The first-order chi connectivity index (χ1) is 13.1. The fraction of sp³-hybridized carbons (Fsp3) is 0.500. The highest BCUT2D eigenvalue weighted by Gasteiger charge is 2.23. The highest BCUT2D eigenvalue weighted by Crippen LogP contribution is 2.29. The standard InChI is InChI=1S/C20H28N4O3.2ClH/c1-24-9-8-22-20(24)19(15-10-16(26-2)12-17(11-15)27-3)23-18(25)5-4-14-6-7-21-13-14;;/h8-12,14,19,21H,4-7,13H2,1-3H3,(H,23,25);2*1H. The molecule has 2 heterocycles. The van der Waals surface area contributed by atoms with Crippen molar-refractivity contribution in [2.24, 2.45) is 13.0 Å². The molecule has 1 aromatic carbocycles. The number of aromatic nitrogens is 2. The van der Waals surface area contributed by atoms with Crippen molar-refractivity contribution in [2.45, 2.75) is 25.3 Å². The van der Waals surface area contributed by atoms with E-state index in [9.17, 15) is 4.79 Å². The number of nitrogens with one attached hydrogen (secondary N) is 2. The maximum atomic E-state index is 12.7. The number of amides is 1. The van der Waals surface area contributed by atoms with Crippen LogP contribution in [0.2, 0.25) is 0 Å². The molecule has 1 aliphatic heterocycles. The second kappa shape index (κ2) is 11.9. The van der Waals surface area contributed by atoms with Gasteiger partial charge in [0.05, 0.1) is 14.2 Å². The maximum absolute atomic E-state index is 12.7. The van der Waals surface area contributed by atoms with Crippen LogP contribution in [0, 0.1) is 5.92 Å². The summed E-state index contributed by atoms with van der Waals surface area (Å²) in [6.45, 7) is 2.05. The minimum Gasteiger partial charge on any atom is -0.497 e. The van der Waals surface area contributed by atoms with E-state index in [0.717, 1.165) is 37.3 Å². The number of nitrogens with zero attached hydrogens (tertiary/aromatic N) is 2. The molecule has 7 nitrogen and oxygen atoms in total. The van der Waals surface area contributed by atoms with Crippen LogP contribution in [0.25, 0.3) is 0 Å². The molecule has 1 saturated heterocycles. The third kappa shape index (κ3) is 6.52. The average molecular weight is 445 g/mol. The Bertz CT molecular complexity index is 757. The first-order valence-corrected chi connectivity index (χ1v) is 9.31. The van der Waals surface area contributed by atoms with Crippen LogP contribution in [0.3, 0.4) is 0 Å². The number of hydrogen-bond acceptors (Lipinski definition) is 5. The quantitative estimate of drug-likeness (QED) is 0.654. The number of rotatable bonds is 8. The van der Waals surface area contributed by atoms with Crippen molar-refractivity contribution in [1.29, 1.82) is 0 Å². The zero-order valence-electron chi connectivity index (χ0n) is 17.0. The predicted octanol–water partition coefficient (Wildman–Crippen LogP) is 2.88. The number of carbonyl (C=O) groups excluding carboxylic acids is 1. The molecule has 1 fully saturated rings. The molecule has 2 aromatic rings. The Morgan fingerprint density at radius 2 is 1.97 bits per heavy atom. The molecule has 2 N–H and O–H groups in total. The zero-order chi connectivity index (χ0) is 19.2. The first kappa shape index (κ1) is 25.1. The summed E-state index contributed by atoms with van der Waals surface area (Å²) in [7, 11) is 5.15. The molecule has 0 saturated carbocycles. The van der Waals surface area contributed by atoms with Gasteiger partial charge in [0.15, 0.2) is 0 Å². The Hall–Kier alpha value is -1.96. The monoisotopic (exact) mass is 444 g/mol. The van der Waals surface area contributed by atoms with Crippen molar-refractivity contribution in [3.05, 3.63) is 42.0 Å². The Kier molecular flexibility index (Phi) is 10.3. The van der Waals surface area contributed by atoms with Crippen LogP contribution in [-0.2, 0) is 11.8 Å². The lowest BCUT2D eigenvalue weighted by Gasteiger charge is -2.21. The van der Waals surface area contributed by atoms with E-state index in [1.165, 1.54) is 0 Å². The highest BCUT2D eigenvalue weighted by atomic mass is 35.5. The lowest BCUT2D eigenvalue weighted by molar-refractivity contribution is -0.121. The molecule has 1 aromatic heterocycles. The van der Waals surface area contributed by atoms with Crippen LogP contribution in [0.1, 0.15) is 36.7 Å². The minimum absolute atomic E-state index is 0. The van der Waals surface area contributed by atoms with E-state index < -0.39 is 0 Å². The SMILES string of the molecule is COc1cc(OC)cc(C(NC(=O)CCC2CCNC2)c2nccn2C)c1.Cl.Cl. The van der Waals surface area contributed by atoms with Gasteiger partial charge in [-0.05, 0) is 49.5 Å². The smallest absolute Gasteiger partial charge is 0.220 e. The van der Waals surface area contributed by atoms with Crippen LogP contribution in [0.15, 0.2) is 30.6 Å². The molecule has 0 radical (unpaired) electrons. The van der Waals surface area contributed by atoms with Gasteiger partial charge < -0.3 is 24.7 Å².